The van der Waals surface area contributed by atoms with Crippen LogP contribution in [0, 0.1) is 5.92 Å². The lowest BCUT2D eigenvalue weighted by Crippen LogP contribution is -2.33. The maximum atomic E-state index is 12.3. The number of aromatic nitrogens is 4. The SMILES string of the molecule is O=C(N[C@H]1C[C@H](CO)[C@H](O)C1)c1cccc(-n2cnnn2)c1. The highest BCUT2D eigenvalue weighted by Crippen LogP contribution is 2.26. The summed E-state index contributed by atoms with van der Waals surface area (Å²) in [5.41, 5.74) is 1.19. The Morgan fingerprint density at radius 3 is 2.95 bits per heavy atom. The molecule has 1 heterocycles. The van der Waals surface area contributed by atoms with Crippen LogP contribution in [0.15, 0.2) is 30.6 Å². The van der Waals surface area contributed by atoms with Gasteiger partial charge >= 0.3 is 0 Å². The van der Waals surface area contributed by atoms with Crippen molar-refractivity contribution in [2.24, 2.45) is 5.92 Å². The molecule has 3 atom stereocenters. The monoisotopic (exact) mass is 303 g/mol. The fourth-order valence-electron chi connectivity index (χ4n) is 2.75. The summed E-state index contributed by atoms with van der Waals surface area (Å²) in [5.74, 6) is -0.386. The van der Waals surface area contributed by atoms with Crippen molar-refractivity contribution < 1.29 is 15.0 Å². The van der Waals surface area contributed by atoms with Crippen LogP contribution >= 0.6 is 0 Å². The minimum atomic E-state index is -0.567. The van der Waals surface area contributed by atoms with Gasteiger partial charge in [-0.2, -0.15) is 0 Å². The van der Waals surface area contributed by atoms with Crippen molar-refractivity contribution >= 4 is 5.91 Å². The Kier molecular flexibility index (Phi) is 4.12. The summed E-state index contributed by atoms with van der Waals surface area (Å²) in [6.07, 6.45) is 1.93. The average Bonchev–Trinajstić information content (AvgIpc) is 3.17. The summed E-state index contributed by atoms with van der Waals surface area (Å²) in [7, 11) is 0. The van der Waals surface area contributed by atoms with Crippen molar-refractivity contribution in [2.45, 2.75) is 25.0 Å². The zero-order valence-corrected chi connectivity index (χ0v) is 11.8. The van der Waals surface area contributed by atoms with Crippen molar-refractivity contribution in [2.75, 3.05) is 6.61 Å². The molecule has 116 valence electrons. The molecule has 1 aromatic carbocycles. The largest absolute Gasteiger partial charge is 0.396 e. The smallest absolute Gasteiger partial charge is 0.251 e. The number of nitrogens with zero attached hydrogens (tertiary/aromatic N) is 4. The Morgan fingerprint density at radius 1 is 1.41 bits per heavy atom. The van der Waals surface area contributed by atoms with Crippen LogP contribution in [-0.4, -0.2) is 55.1 Å². The topological polar surface area (TPSA) is 113 Å². The van der Waals surface area contributed by atoms with Crippen LogP contribution in [0.25, 0.3) is 5.69 Å². The molecule has 1 aliphatic rings. The number of carbonyl (C=O) groups is 1. The van der Waals surface area contributed by atoms with Crippen molar-refractivity contribution in [3.63, 3.8) is 0 Å². The third-order valence-corrected chi connectivity index (χ3v) is 3.95. The summed E-state index contributed by atoms with van der Waals surface area (Å²) >= 11 is 0. The molecule has 8 nitrogen and oxygen atoms in total. The summed E-state index contributed by atoms with van der Waals surface area (Å²) in [4.78, 5) is 12.3. The number of rotatable bonds is 4. The van der Waals surface area contributed by atoms with Gasteiger partial charge in [-0.3, -0.25) is 4.79 Å². The predicted octanol–water partition coefficient (Wildman–Crippen LogP) is -0.476. The lowest BCUT2D eigenvalue weighted by atomic mass is 10.1. The molecule has 2 aromatic rings. The molecule has 0 aliphatic heterocycles. The first kappa shape index (κ1) is 14.6. The number of hydrogen-bond acceptors (Lipinski definition) is 6. The molecule has 0 radical (unpaired) electrons. The van der Waals surface area contributed by atoms with Crippen molar-refractivity contribution in [1.82, 2.24) is 25.5 Å². The molecule has 8 heteroatoms. The molecule has 22 heavy (non-hydrogen) atoms. The Balaban J connectivity index is 1.69. The number of aliphatic hydroxyl groups excluding tert-OH is 2. The molecule has 1 aromatic heterocycles. The number of nitrogens with one attached hydrogen (secondary N) is 1. The van der Waals surface area contributed by atoms with Crippen molar-refractivity contribution in [3.8, 4) is 5.69 Å². The Hall–Kier alpha value is -2.32. The van der Waals surface area contributed by atoms with Crippen LogP contribution in [0.4, 0.5) is 0 Å². The van der Waals surface area contributed by atoms with Crippen LogP contribution in [0.3, 0.4) is 0 Å². The third-order valence-electron chi connectivity index (χ3n) is 3.95. The minimum Gasteiger partial charge on any atom is -0.396 e. The van der Waals surface area contributed by atoms with Crippen LogP contribution in [0.2, 0.25) is 0 Å². The first-order valence-electron chi connectivity index (χ1n) is 7.10. The fraction of sp³-hybridized carbons (Fsp3) is 0.429. The van der Waals surface area contributed by atoms with Gasteiger partial charge < -0.3 is 15.5 Å². The van der Waals surface area contributed by atoms with Crippen molar-refractivity contribution in [3.05, 3.63) is 36.2 Å². The van der Waals surface area contributed by atoms with E-state index in [-0.39, 0.29) is 24.5 Å². The Bertz CT molecular complexity index is 646. The van der Waals surface area contributed by atoms with Crippen LogP contribution in [0.5, 0.6) is 0 Å². The highest BCUT2D eigenvalue weighted by Gasteiger charge is 2.33. The van der Waals surface area contributed by atoms with E-state index in [0.29, 0.717) is 24.1 Å². The minimum absolute atomic E-state index is 0.0671. The standard InChI is InChI=1S/C14H17N5O3/c20-7-10-4-11(6-13(10)21)16-14(22)9-2-1-3-12(5-9)19-8-15-17-18-19/h1-3,5,8,10-11,13,20-21H,4,6-7H2,(H,16,22)/t10-,11+,13-/m1/s1. The van der Waals surface area contributed by atoms with E-state index in [1.165, 1.54) is 11.0 Å². The molecule has 1 fully saturated rings. The van der Waals surface area contributed by atoms with E-state index in [1.807, 2.05) is 0 Å². The van der Waals surface area contributed by atoms with Gasteiger partial charge in [0, 0.05) is 24.1 Å². The summed E-state index contributed by atoms with van der Waals surface area (Å²) in [6.45, 7) is -0.0671. The van der Waals surface area contributed by atoms with Gasteiger partial charge in [-0.25, -0.2) is 4.68 Å². The highest BCUT2D eigenvalue weighted by atomic mass is 16.3. The summed E-state index contributed by atoms with van der Waals surface area (Å²) in [6, 6.07) is 6.83. The van der Waals surface area contributed by atoms with E-state index in [4.69, 9.17) is 5.11 Å². The van der Waals surface area contributed by atoms with Gasteiger partial charge in [0.05, 0.1) is 11.8 Å². The van der Waals surface area contributed by atoms with Gasteiger partial charge in [0.15, 0.2) is 0 Å². The maximum Gasteiger partial charge on any atom is 0.251 e. The molecule has 0 spiro atoms. The Morgan fingerprint density at radius 2 is 2.27 bits per heavy atom. The molecule has 1 amide bonds. The summed E-state index contributed by atoms with van der Waals surface area (Å²) < 4.78 is 1.47. The van der Waals surface area contributed by atoms with Gasteiger partial charge in [-0.15, -0.1) is 5.10 Å². The number of benzene rings is 1. The molecule has 0 unspecified atom stereocenters. The van der Waals surface area contributed by atoms with E-state index >= 15 is 0 Å². The molecule has 1 saturated carbocycles. The first-order valence-corrected chi connectivity index (χ1v) is 7.10. The number of amides is 1. The van der Waals surface area contributed by atoms with E-state index in [2.05, 4.69) is 20.8 Å². The number of tetrazole rings is 1. The summed E-state index contributed by atoms with van der Waals surface area (Å²) in [5, 5.41) is 32.7. The number of carbonyl (C=O) groups excluding carboxylic acids is 1. The highest BCUT2D eigenvalue weighted by molar-refractivity contribution is 5.94. The molecule has 0 bridgehead atoms. The zero-order valence-electron chi connectivity index (χ0n) is 11.8. The van der Waals surface area contributed by atoms with E-state index < -0.39 is 6.10 Å². The predicted molar refractivity (Wildman–Crippen MR) is 76.2 cm³/mol. The van der Waals surface area contributed by atoms with Crippen molar-refractivity contribution in [1.29, 1.82) is 0 Å². The normalized spacial score (nSPS) is 24.4. The second kappa shape index (κ2) is 6.20. The van der Waals surface area contributed by atoms with E-state index in [1.54, 1.807) is 24.3 Å². The second-order valence-electron chi connectivity index (χ2n) is 5.46. The maximum absolute atomic E-state index is 12.3. The van der Waals surface area contributed by atoms with E-state index in [9.17, 15) is 9.90 Å². The molecule has 1 aliphatic carbocycles. The lowest BCUT2D eigenvalue weighted by Gasteiger charge is -2.13. The third kappa shape index (κ3) is 2.97. The zero-order chi connectivity index (χ0) is 15.5. The van der Waals surface area contributed by atoms with Gasteiger partial charge in [0.2, 0.25) is 0 Å². The molecule has 0 saturated heterocycles. The van der Waals surface area contributed by atoms with Crippen LogP contribution in [0.1, 0.15) is 23.2 Å². The molecular weight excluding hydrogens is 286 g/mol. The van der Waals surface area contributed by atoms with Crippen LogP contribution < -0.4 is 5.32 Å². The lowest BCUT2D eigenvalue weighted by molar-refractivity contribution is 0.0903. The van der Waals surface area contributed by atoms with Gasteiger partial charge in [0.25, 0.3) is 5.91 Å². The van der Waals surface area contributed by atoms with E-state index in [0.717, 1.165) is 0 Å². The van der Waals surface area contributed by atoms with Gasteiger partial charge in [0.1, 0.15) is 6.33 Å². The molecule has 3 rings (SSSR count). The molecule has 3 N–H and O–H groups in total. The number of aliphatic hydroxyl groups is 2. The first-order chi connectivity index (χ1) is 10.7. The fourth-order valence-corrected chi connectivity index (χ4v) is 2.75. The van der Waals surface area contributed by atoms with Crippen LogP contribution in [-0.2, 0) is 0 Å². The average molecular weight is 303 g/mol. The quantitative estimate of drug-likeness (QED) is 0.703. The second-order valence-corrected chi connectivity index (χ2v) is 5.46. The number of hydrogen-bond donors (Lipinski definition) is 3. The molecular formula is C14H17N5O3. The van der Waals surface area contributed by atoms with Gasteiger partial charge in [-0.05, 0) is 41.5 Å². The van der Waals surface area contributed by atoms with Gasteiger partial charge in [-0.1, -0.05) is 6.07 Å². The Labute approximate surface area is 126 Å².